The lowest BCUT2D eigenvalue weighted by molar-refractivity contribution is -0.133. The predicted octanol–water partition coefficient (Wildman–Crippen LogP) is 4.92. The van der Waals surface area contributed by atoms with E-state index in [9.17, 15) is 19.2 Å². The molecular weight excluding hydrogens is 616 g/mol. The summed E-state index contributed by atoms with van der Waals surface area (Å²) in [6.45, 7) is 16.4. The van der Waals surface area contributed by atoms with Crippen LogP contribution < -0.4 is 19.9 Å². The molecule has 0 aromatic heterocycles. The van der Waals surface area contributed by atoms with Gasteiger partial charge in [0.25, 0.3) is 5.91 Å². The predicted molar refractivity (Wildman–Crippen MR) is 183 cm³/mol. The van der Waals surface area contributed by atoms with E-state index in [0.29, 0.717) is 43.3 Å². The fraction of sp³-hybridized carbons (Fsp3) is 0.722. The minimum atomic E-state index is -1.04. The van der Waals surface area contributed by atoms with Gasteiger partial charge in [-0.3, -0.25) is 14.4 Å². The van der Waals surface area contributed by atoms with E-state index in [-0.39, 0.29) is 55.4 Å². The van der Waals surface area contributed by atoms with Crippen molar-refractivity contribution in [1.29, 1.82) is 0 Å². The monoisotopic (exact) mass is 672 g/mol. The largest absolute Gasteiger partial charge is 0.476 e. The van der Waals surface area contributed by atoms with E-state index in [2.05, 4.69) is 5.32 Å². The van der Waals surface area contributed by atoms with Gasteiger partial charge in [0.15, 0.2) is 5.60 Å². The maximum Gasteiger partial charge on any atom is 0.410 e. The molecule has 0 bridgehead atoms. The van der Waals surface area contributed by atoms with Gasteiger partial charge in [-0.15, -0.1) is 0 Å². The molecule has 4 atom stereocenters. The van der Waals surface area contributed by atoms with E-state index in [1.807, 2.05) is 32.9 Å². The highest BCUT2D eigenvalue weighted by Gasteiger charge is 2.44. The lowest BCUT2D eigenvalue weighted by Crippen LogP contribution is -2.55. The van der Waals surface area contributed by atoms with Crippen LogP contribution in [0.1, 0.15) is 87.5 Å². The molecule has 0 spiro atoms. The summed E-state index contributed by atoms with van der Waals surface area (Å²) in [5, 5.41) is 3.18. The highest BCUT2D eigenvalue weighted by atomic mass is 16.6. The standard InChI is InChI=1S/C36H56N4O8/c1-10-46-29-14-11-13-27(29)37-31(41)24-19-25(22-38(21-24)34(44)48-35(4,5)6)32(42)40(23(2)3)26-15-16-30-28(20-26)39(17-12-18-45-9)33(43)36(7,8)47-30/h15-16,20,23-25,27,29H,10-14,17-19,21-22H2,1-9H3,(H,37,41)/t24?,25?,27-,29?/m0/s1. The molecular formula is C36H56N4O8. The number of hydrogen-bond acceptors (Lipinski definition) is 8. The van der Waals surface area contributed by atoms with E-state index in [1.165, 1.54) is 4.90 Å². The Kier molecular flexibility index (Phi) is 12.0. The van der Waals surface area contributed by atoms with Crippen LogP contribution in [0, 0.1) is 11.8 Å². The van der Waals surface area contributed by atoms with Gasteiger partial charge >= 0.3 is 6.09 Å². The number of carbonyl (C=O) groups excluding carboxylic acids is 4. The van der Waals surface area contributed by atoms with E-state index >= 15 is 0 Å². The highest BCUT2D eigenvalue weighted by Crippen LogP contribution is 2.41. The number of nitrogens with one attached hydrogen (secondary N) is 1. The summed E-state index contributed by atoms with van der Waals surface area (Å²) in [4.78, 5) is 60.0. The molecule has 1 aliphatic carbocycles. The van der Waals surface area contributed by atoms with Crippen molar-refractivity contribution in [3.05, 3.63) is 18.2 Å². The Bertz CT molecular complexity index is 1330. The zero-order chi connectivity index (χ0) is 35.4. The Morgan fingerprint density at radius 3 is 2.48 bits per heavy atom. The lowest BCUT2D eigenvalue weighted by atomic mass is 9.87. The van der Waals surface area contributed by atoms with Gasteiger partial charge in [0.1, 0.15) is 11.4 Å². The van der Waals surface area contributed by atoms with Gasteiger partial charge in [0.2, 0.25) is 11.8 Å². The fourth-order valence-corrected chi connectivity index (χ4v) is 6.92. The molecule has 1 N–H and O–H groups in total. The third-order valence-corrected chi connectivity index (χ3v) is 9.10. The second-order valence-electron chi connectivity index (χ2n) is 14.9. The summed E-state index contributed by atoms with van der Waals surface area (Å²) in [6.07, 6.45) is 2.99. The van der Waals surface area contributed by atoms with Crippen LogP contribution >= 0.6 is 0 Å². The summed E-state index contributed by atoms with van der Waals surface area (Å²) in [5.74, 6) is -1.29. The number of anilines is 2. The van der Waals surface area contributed by atoms with Gasteiger partial charge in [-0.05, 0) is 106 Å². The average molecular weight is 673 g/mol. The molecule has 1 aromatic carbocycles. The summed E-state index contributed by atoms with van der Waals surface area (Å²) < 4.78 is 22.9. The molecule has 2 fully saturated rings. The minimum absolute atomic E-state index is 0.0436. The second kappa shape index (κ2) is 15.4. The molecule has 48 heavy (non-hydrogen) atoms. The van der Waals surface area contributed by atoms with Crippen LogP contribution in [0.2, 0.25) is 0 Å². The normalized spacial score (nSPS) is 23.8. The van der Waals surface area contributed by atoms with Crippen molar-refractivity contribution in [1.82, 2.24) is 10.2 Å². The van der Waals surface area contributed by atoms with Crippen LogP contribution in [0.3, 0.4) is 0 Å². The Morgan fingerprint density at radius 1 is 1.12 bits per heavy atom. The Hall–Kier alpha value is -3.38. The molecule has 1 aromatic rings. The maximum atomic E-state index is 14.5. The van der Waals surface area contributed by atoms with Gasteiger partial charge in [-0.25, -0.2) is 4.79 Å². The zero-order valence-electron chi connectivity index (χ0n) is 30.3. The molecule has 3 aliphatic rings. The van der Waals surface area contributed by atoms with Crippen molar-refractivity contribution in [2.24, 2.45) is 11.8 Å². The third kappa shape index (κ3) is 8.80. The smallest absolute Gasteiger partial charge is 0.410 e. The number of nitrogens with zero attached hydrogens (tertiary/aromatic N) is 3. The van der Waals surface area contributed by atoms with Crippen molar-refractivity contribution in [2.75, 3.05) is 49.8 Å². The van der Waals surface area contributed by atoms with Crippen LogP contribution in [0.15, 0.2) is 18.2 Å². The van der Waals surface area contributed by atoms with Crippen molar-refractivity contribution < 1.29 is 38.1 Å². The van der Waals surface area contributed by atoms with E-state index in [0.717, 1.165) is 19.3 Å². The minimum Gasteiger partial charge on any atom is -0.476 e. The van der Waals surface area contributed by atoms with Gasteiger partial charge < -0.3 is 39.0 Å². The summed E-state index contributed by atoms with van der Waals surface area (Å²) in [6, 6.07) is 5.07. The SMILES string of the molecule is CCOC1CCC[C@@H]1NC(=O)C1CC(C(=O)N(c2ccc3c(c2)N(CCCOC)C(=O)C(C)(C)O3)C(C)C)CN(C(=O)OC(C)(C)C)C1. The van der Waals surface area contributed by atoms with Crippen LogP contribution in [-0.4, -0.2) is 98.1 Å². The molecule has 1 saturated heterocycles. The molecule has 2 aliphatic heterocycles. The molecule has 268 valence electrons. The van der Waals surface area contributed by atoms with Gasteiger partial charge in [-0.2, -0.15) is 0 Å². The number of rotatable bonds is 11. The number of likely N-dealkylation sites (tertiary alicyclic amines) is 1. The van der Waals surface area contributed by atoms with Crippen molar-refractivity contribution >= 4 is 35.2 Å². The molecule has 3 unspecified atom stereocenters. The topological polar surface area (TPSA) is 127 Å². The van der Waals surface area contributed by atoms with Crippen LogP contribution in [-0.2, 0) is 28.6 Å². The number of fused-ring (bicyclic) bond motifs is 1. The summed E-state index contributed by atoms with van der Waals surface area (Å²) in [5.41, 5.74) is -0.596. The first-order chi connectivity index (χ1) is 22.6. The van der Waals surface area contributed by atoms with Crippen molar-refractivity contribution in [3.8, 4) is 5.75 Å². The van der Waals surface area contributed by atoms with E-state index < -0.39 is 29.1 Å². The van der Waals surface area contributed by atoms with Crippen molar-refractivity contribution in [2.45, 2.75) is 117 Å². The number of carbonyl (C=O) groups is 4. The van der Waals surface area contributed by atoms with Gasteiger partial charge in [-0.1, -0.05) is 0 Å². The van der Waals surface area contributed by atoms with E-state index in [4.69, 9.17) is 18.9 Å². The number of benzene rings is 1. The van der Waals surface area contributed by atoms with E-state index in [1.54, 1.807) is 57.6 Å². The summed E-state index contributed by atoms with van der Waals surface area (Å²) in [7, 11) is 1.62. The highest BCUT2D eigenvalue weighted by molar-refractivity contribution is 6.04. The first-order valence-electron chi connectivity index (χ1n) is 17.4. The fourth-order valence-electron chi connectivity index (χ4n) is 6.92. The number of hydrogen-bond donors (Lipinski definition) is 1. The number of ether oxygens (including phenoxy) is 4. The molecule has 2 heterocycles. The molecule has 0 radical (unpaired) electrons. The zero-order valence-corrected chi connectivity index (χ0v) is 30.3. The Balaban J connectivity index is 1.63. The lowest BCUT2D eigenvalue weighted by Gasteiger charge is -2.41. The van der Waals surface area contributed by atoms with Crippen molar-refractivity contribution in [3.63, 3.8) is 0 Å². The number of piperidine rings is 1. The average Bonchev–Trinajstić information content (AvgIpc) is 3.44. The molecule has 12 nitrogen and oxygen atoms in total. The quantitative estimate of drug-likeness (QED) is 0.329. The Labute approximate surface area is 285 Å². The van der Waals surface area contributed by atoms with Gasteiger partial charge in [0.05, 0.1) is 29.7 Å². The molecule has 1 saturated carbocycles. The molecule has 4 amide bonds. The van der Waals surface area contributed by atoms with Crippen LogP contribution in [0.5, 0.6) is 5.75 Å². The second-order valence-corrected chi connectivity index (χ2v) is 14.9. The molecule has 12 heteroatoms. The van der Waals surface area contributed by atoms with Gasteiger partial charge in [0, 0.05) is 51.7 Å². The summed E-state index contributed by atoms with van der Waals surface area (Å²) >= 11 is 0. The first kappa shape index (κ1) is 37.4. The van der Waals surface area contributed by atoms with Crippen LogP contribution in [0.4, 0.5) is 16.2 Å². The Morgan fingerprint density at radius 2 is 1.83 bits per heavy atom. The molecule has 4 rings (SSSR count). The number of amides is 4. The first-order valence-corrected chi connectivity index (χ1v) is 17.4. The van der Waals surface area contributed by atoms with Crippen LogP contribution in [0.25, 0.3) is 0 Å². The maximum absolute atomic E-state index is 14.5. The third-order valence-electron chi connectivity index (χ3n) is 9.10. The number of methoxy groups -OCH3 is 1.